The Hall–Kier alpha value is -1.43. The minimum absolute atomic E-state index is 0.161. The normalized spacial score (nSPS) is 12.4. The molecule has 94 valence electrons. The van der Waals surface area contributed by atoms with Crippen molar-refractivity contribution >= 4 is 23.1 Å². The number of carbonyl (C=O) groups excluding carboxylic acids is 1. The number of carboxylic acids is 1. The lowest BCUT2D eigenvalue weighted by Crippen LogP contribution is -2.04. The molecule has 1 aromatic heterocycles. The van der Waals surface area contributed by atoms with Gasteiger partial charge in [0.1, 0.15) is 0 Å². The SMILES string of the molecule is Cc1[nH]c(C=O)c(CCCS(C)=O)c1C(=O)O. The van der Waals surface area contributed by atoms with Crippen molar-refractivity contribution in [1.82, 2.24) is 4.98 Å². The standard InChI is InChI=1S/C11H15NO4S/c1-7-10(11(14)15)8(9(6-13)12-7)4-3-5-17(2)16/h6,12H,3-5H2,1-2H3,(H,14,15). The third kappa shape index (κ3) is 3.26. The quantitative estimate of drug-likeness (QED) is 0.748. The molecule has 0 aromatic carbocycles. The van der Waals surface area contributed by atoms with Crippen molar-refractivity contribution in [3.05, 3.63) is 22.5 Å². The molecule has 1 rings (SSSR count). The van der Waals surface area contributed by atoms with Crippen LogP contribution >= 0.6 is 0 Å². The summed E-state index contributed by atoms with van der Waals surface area (Å²) in [7, 11) is -0.904. The molecule has 0 fully saturated rings. The first-order valence-electron chi connectivity index (χ1n) is 5.17. The zero-order valence-electron chi connectivity index (χ0n) is 9.78. The molecule has 1 heterocycles. The van der Waals surface area contributed by atoms with Gasteiger partial charge in [0.2, 0.25) is 0 Å². The maximum Gasteiger partial charge on any atom is 0.337 e. The summed E-state index contributed by atoms with van der Waals surface area (Å²) < 4.78 is 10.9. The summed E-state index contributed by atoms with van der Waals surface area (Å²) in [6, 6.07) is 0. The van der Waals surface area contributed by atoms with Crippen molar-refractivity contribution < 1.29 is 18.9 Å². The van der Waals surface area contributed by atoms with Gasteiger partial charge in [0.05, 0.1) is 11.3 Å². The fourth-order valence-corrected chi connectivity index (χ4v) is 2.35. The van der Waals surface area contributed by atoms with E-state index in [1.165, 1.54) is 0 Å². The van der Waals surface area contributed by atoms with Gasteiger partial charge in [-0.15, -0.1) is 0 Å². The summed E-state index contributed by atoms with van der Waals surface area (Å²) >= 11 is 0. The highest BCUT2D eigenvalue weighted by Gasteiger charge is 2.19. The van der Waals surface area contributed by atoms with Gasteiger partial charge in [-0.1, -0.05) is 0 Å². The number of H-pyrrole nitrogens is 1. The molecule has 6 heteroatoms. The number of nitrogens with one attached hydrogen (secondary N) is 1. The summed E-state index contributed by atoms with van der Waals surface area (Å²) in [5.74, 6) is -0.541. The highest BCUT2D eigenvalue weighted by atomic mass is 32.2. The van der Waals surface area contributed by atoms with Gasteiger partial charge in [-0.05, 0) is 25.3 Å². The van der Waals surface area contributed by atoms with E-state index < -0.39 is 16.8 Å². The molecule has 2 N–H and O–H groups in total. The van der Waals surface area contributed by atoms with Crippen molar-refractivity contribution in [2.45, 2.75) is 19.8 Å². The van der Waals surface area contributed by atoms with E-state index in [9.17, 15) is 13.8 Å². The van der Waals surface area contributed by atoms with Gasteiger partial charge in [0.25, 0.3) is 0 Å². The highest BCUT2D eigenvalue weighted by Crippen LogP contribution is 2.19. The monoisotopic (exact) mass is 257 g/mol. The molecule has 0 saturated heterocycles. The summed E-state index contributed by atoms with van der Waals surface area (Å²) in [6.45, 7) is 1.62. The van der Waals surface area contributed by atoms with E-state index in [-0.39, 0.29) is 5.56 Å². The summed E-state index contributed by atoms with van der Waals surface area (Å²) in [4.78, 5) is 24.7. The van der Waals surface area contributed by atoms with E-state index in [2.05, 4.69) is 4.98 Å². The van der Waals surface area contributed by atoms with Gasteiger partial charge in [0, 0.05) is 28.5 Å². The van der Waals surface area contributed by atoms with Gasteiger partial charge in [-0.2, -0.15) is 0 Å². The number of aryl methyl sites for hydroxylation is 1. The Morgan fingerprint density at radius 3 is 2.65 bits per heavy atom. The predicted molar refractivity (Wildman–Crippen MR) is 65.1 cm³/mol. The average molecular weight is 257 g/mol. The third-order valence-corrected chi connectivity index (χ3v) is 3.38. The van der Waals surface area contributed by atoms with Crippen molar-refractivity contribution in [2.24, 2.45) is 0 Å². The van der Waals surface area contributed by atoms with Gasteiger partial charge in [-0.3, -0.25) is 9.00 Å². The number of aromatic nitrogens is 1. The topological polar surface area (TPSA) is 87.2 Å². The van der Waals surface area contributed by atoms with Crippen molar-refractivity contribution in [3.8, 4) is 0 Å². The fourth-order valence-electron chi connectivity index (χ4n) is 1.80. The number of aromatic amines is 1. The molecule has 0 aliphatic rings. The van der Waals surface area contributed by atoms with Crippen LogP contribution in [-0.2, 0) is 17.2 Å². The van der Waals surface area contributed by atoms with E-state index >= 15 is 0 Å². The van der Waals surface area contributed by atoms with Crippen LogP contribution in [-0.4, -0.2) is 38.6 Å². The molecule has 17 heavy (non-hydrogen) atoms. The van der Waals surface area contributed by atoms with Crippen molar-refractivity contribution in [3.63, 3.8) is 0 Å². The summed E-state index contributed by atoms with van der Waals surface area (Å²) in [6.07, 6.45) is 3.26. The Labute approximate surface area is 102 Å². The van der Waals surface area contributed by atoms with Crippen LogP contribution in [0, 0.1) is 6.92 Å². The second-order valence-corrected chi connectivity index (χ2v) is 5.38. The molecule has 0 spiro atoms. The second-order valence-electron chi connectivity index (χ2n) is 3.82. The minimum atomic E-state index is -1.04. The Morgan fingerprint density at radius 2 is 2.18 bits per heavy atom. The predicted octanol–water partition coefficient (Wildman–Crippen LogP) is 1.14. The average Bonchev–Trinajstić information content (AvgIpc) is 2.54. The van der Waals surface area contributed by atoms with Crippen LogP contribution < -0.4 is 0 Å². The number of rotatable bonds is 6. The number of hydrogen-bond acceptors (Lipinski definition) is 3. The Bertz CT molecular complexity index is 464. The largest absolute Gasteiger partial charge is 0.478 e. The number of aldehydes is 1. The maximum atomic E-state index is 11.1. The molecule has 1 atom stereocenters. The second kappa shape index (κ2) is 5.77. The molecular weight excluding hydrogens is 242 g/mol. The number of carboxylic acid groups (broad SMARTS) is 1. The van der Waals surface area contributed by atoms with Gasteiger partial charge >= 0.3 is 5.97 Å². The lowest BCUT2D eigenvalue weighted by atomic mass is 10.0. The highest BCUT2D eigenvalue weighted by molar-refractivity contribution is 7.84. The fraction of sp³-hybridized carbons (Fsp3) is 0.455. The zero-order chi connectivity index (χ0) is 13.0. The van der Waals surface area contributed by atoms with Gasteiger partial charge < -0.3 is 10.1 Å². The molecule has 0 aliphatic heterocycles. The van der Waals surface area contributed by atoms with Crippen LogP contribution in [0.15, 0.2) is 0 Å². The van der Waals surface area contributed by atoms with Gasteiger partial charge in [-0.25, -0.2) is 4.79 Å². The molecule has 1 aromatic rings. The van der Waals surface area contributed by atoms with E-state index in [1.54, 1.807) is 13.2 Å². The van der Waals surface area contributed by atoms with Crippen LogP contribution in [0.1, 0.15) is 38.5 Å². The smallest absolute Gasteiger partial charge is 0.337 e. The van der Waals surface area contributed by atoms with Crippen LogP contribution in [0.5, 0.6) is 0 Å². The summed E-state index contributed by atoms with van der Waals surface area (Å²) in [5, 5.41) is 9.07. The lowest BCUT2D eigenvalue weighted by molar-refractivity contribution is 0.0695. The maximum absolute atomic E-state index is 11.1. The third-order valence-electron chi connectivity index (χ3n) is 2.51. The van der Waals surface area contributed by atoms with E-state index in [4.69, 9.17) is 5.11 Å². The van der Waals surface area contributed by atoms with E-state index in [0.29, 0.717) is 41.8 Å². The first-order valence-corrected chi connectivity index (χ1v) is 6.90. The van der Waals surface area contributed by atoms with Gasteiger partial charge in [0.15, 0.2) is 6.29 Å². The molecule has 5 nitrogen and oxygen atoms in total. The van der Waals surface area contributed by atoms with E-state index in [1.807, 2.05) is 0 Å². The number of aromatic carboxylic acids is 1. The Balaban J connectivity index is 2.98. The summed E-state index contributed by atoms with van der Waals surface area (Å²) in [5.41, 5.74) is 1.46. The van der Waals surface area contributed by atoms with E-state index in [0.717, 1.165) is 0 Å². The molecule has 0 aliphatic carbocycles. The molecular formula is C11H15NO4S. The molecule has 0 bridgehead atoms. The lowest BCUT2D eigenvalue weighted by Gasteiger charge is -2.01. The molecule has 0 amide bonds. The first kappa shape index (κ1) is 13.6. The number of hydrogen-bond donors (Lipinski definition) is 2. The number of carbonyl (C=O) groups is 2. The zero-order valence-corrected chi connectivity index (χ0v) is 10.6. The van der Waals surface area contributed by atoms with Crippen molar-refractivity contribution in [2.75, 3.05) is 12.0 Å². The molecule has 1 unspecified atom stereocenters. The molecule has 0 radical (unpaired) electrons. The van der Waals surface area contributed by atoms with Crippen LogP contribution in [0.25, 0.3) is 0 Å². The van der Waals surface area contributed by atoms with Crippen LogP contribution in [0.4, 0.5) is 0 Å². The molecule has 0 saturated carbocycles. The first-order chi connectivity index (χ1) is 7.97. The van der Waals surface area contributed by atoms with Crippen LogP contribution in [0.3, 0.4) is 0 Å². The van der Waals surface area contributed by atoms with Crippen LogP contribution in [0.2, 0.25) is 0 Å². The van der Waals surface area contributed by atoms with Crippen molar-refractivity contribution in [1.29, 1.82) is 0 Å². The Morgan fingerprint density at radius 1 is 1.53 bits per heavy atom. The Kier molecular flexibility index (Phi) is 4.62. The minimum Gasteiger partial charge on any atom is -0.478 e.